The summed E-state index contributed by atoms with van der Waals surface area (Å²) < 4.78 is 67.0. The summed E-state index contributed by atoms with van der Waals surface area (Å²) in [6, 6.07) is 6.20. The zero-order chi connectivity index (χ0) is 28.0. The lowest BCUT2D eigenvalue weighted by Crippen LogP contribution is -2.38. The van der Waals surface area contributed by atoms with Crippen molar-refractivity contribution in [3.63, 3.8) is 0 Å². The van der Waals surface area contributed by atoms with E-state index in [1.165, 1.54) is 12.1 Å². The van der Waals surface area contributed by atoms with Crippen molar-refractivity contribution in [1.82, 2.24) is 0 Å². The Labute approximate surface area is 227 Å². The third-order valence-electron chi connectivity index (χ3n) is 6.71. The number of allylic oxidation sites excluding steroid dienone is 2. The van der Waals surface area contributed by atoms with Crippen molar-refractivity contribution >= 4 is 40.5 Å². The number of halogens is 6. The maximum absolute atomic E-state index is 13.9. The van der Waals surface area contributed by atoms with Crippen LogP contribution in [-0.2, 0) is 26.5 Å². The van der Waals surface area contributed by atoms with E-state index in [-0.39, 0.29) is 24.1 Å². The van der Waals surface area contributed by atoms with Crippen molar-refractivity contribution in [2.45, 2.75) is 70.4 Å². The van der Waals surface area contributed by atoms with Crippen LogP contribution >= 0.6 is 23.2 Å². The Hall–Kier alpha value is -2.42. The van der Waals surface area contributed by atoms with Gasteiger partial charge in [-0.05, 0) is 87.4 Å². The van der Waals surface area contributed by atoms with Crippen molar-refractivity contribution in [2.75, 3.05) is 0 Å². The van der Waals surface area contributed by atoms with Gasteiger partial charge in [0.25, 0.3) is 0 Å². The Morgan fingerprint density at radius 3 is 2.34 bits per heavy atom. The normalized spacial score (nSPS) is 21.9. The summed E-state index contributed by atoms with van der Waals surface area (Å²) >= 11 is 11.4. The van der Waals surface area contributed by atoms with Gasteiger partial charge in [0.2, 0.25) is 0 Å². The van der Waals surface area contributed by atoms with Gasteiger partial charge in [-0.3, -0.25) is 9.59 Å². The monoisotopic (exact) mass is 572 g/mol. The highest BCUT2D eigenvalue weighted by Gasteiger charge is 2.46. The van der Waals surface area contributed by atoms with Crippen LogP contribution in [0.15, 0.2) is 36.4 Å². The molecular weight excluding hydrogens is 547 g/mol. The molecule has 2 aromatic carbocycles. The van der Waals surface area contributed by atoms with Crippen molar-refractivity contribution in [2.24, 2.45) is 5.92 Å². The summed E-state index contributed by atoms with van der Waals surface area (Å²) in [5, 5.41) is -1.18. The van der Waals surface area contributed by atoms with E-state index in [0.29, 0.717) is 30.9 Å². The van der Waals surface area contributed by atoms with E-state index in [0.717, 1.165) is 24.1 Å². The summed E-state index contributed by atoms with van der Waals surface area (Å²) in [7, 11) is 0. The molecule has 0 amide bonds. The molecule has 1 saturated carbocycles. The van der Waals surface area contributed by atoms with Crippen LogP contribution in [0, 0.1) is 11.7 Å². The molecule has 1 spiro atoms. The van der Waals surface area contributed by atoms with Crippen LogP contribution in [0.25, 0.3) is 5.57 Å². The number of alkyl halides is 3. The molecule has 4 rings (SSSR count). The average molecular weight is 573 g/mol. The second-order valence-corrected chi connectivity index (χ2v) is 11.5. The zero-order valence-corrected chi connectivity index (χ0v) is 22.5. The molecule has 38 heavy (non-hydrogen) atoms. The first kappa shape index (κ1) is 28.6. The summed E-state index contributed by atoms with van der Waals surface area (Å²) in [4.78, 5) is 25.6. The summed E-state index contributed by atoms with van der Waals surface area (Å²) in [6.45, 7) is 5.58. The maximum Gasteiger partial charge on any atom is 0.417 e. The summed E-state index contributed by atoms with van der Waals surface area (Å²) in [5.41, 5.74) is -1.63. The second-order valence-electron chi connectivity index (χ2n) is 10.7. The number of rotatable bonds is 4. The molecule has 1 aliphatic heterocycles. The van der Waals surface area contributed by atoms with Crippen LogP contribution < -0.4 is 0 Å². The van der Waals surface area contributed by atoms with E-state index in [1.54, 1.807) is 26.8 Å². The second kappa shape index (κ2) is 10.3. The highest BCUT2D eigenvalue weighted by atomic mass is 35.5. The van der Waals surface area contributed by atoms with Gasteiger partial charge < -0.3 is 9.47 Å². The molecule has 2 aliphatic rings. The van der Waals surface area contributed by atoms with Gasteiger partial charge in [0.1, 0.15) is 5.60 Å². The molecule has 0 N–H and O–H groups in total. The average Bonchev–Trinajstić information content (AvgIpc) is 3.15. The van der Waals surface area contributed by atoms with Gasteiger partial charge in [0, 0.05) is 5.56 Å². The van der Waals surface area contributed by atoms with Crippen LogP contribution in [0.5, 0.6) is 0 Å². The topological polar surface area (TPSA) is 52.6 Å². The number of benzene rings is 2. The van der Waals surface area contributed by atoms with Crippen LogP contribution in [0.4, 0.5) is 17.6 Å². The first-order valence-corrected chi connectivity index (χ1v) is 12.8. The number of fused-ring (bicyclic) bond motifs is 2. The van der Waals surface area contributed by atoms with E-state index in [2.05, 4.69) is 0 Å². The molecule has 1 aliphatic carbocycles. The molecule has 1 heterocycles. The van der Waals surface area contributed by atoms with Crippen molar-refractivity contribution < 1.29 is 36.6 Å². The Bertz CT molecular complexity index is 1290. The minimum atomic E-state index is -4.93. The lowest BCUT2D eigenvalue weighted by atomic mass is 9.74. The molecule has 2 unspecified atom stereocenters. The maximum atomic E-state index is 13.9. The highest BCUT2D eigenvalue weighted by molar-refractivity contribution is 6.35. The van der Waals surface area contributed by atoms with Gasteiger partial charge in [-0.15, -0.1) is 0 Å². The molecule has 204 valence electrons. The van der Waals surface area contributed by atoms with Gasteiger partial charge >= 0.3 is 12.1 Å². The van der Waals surface area contributed by atoms with Crippen LogP contribution in [0.1, 0.15) is 73.5 Å². The third-order valence-corrected chi connectivity index (χ3v) is 7.26. The number of hydrogen-bond donors (Lipinski definition) is 0. The summed E-state index contributed by atoms with van der Waals surface area (Å²) in [5.74, 6) is -2.57. The SMILES string of the molecule is CC(C)(C)OC(=O)C1CCCC2(C1)OCc1cc(C(=O)/C=C(/c3cc(Cl)c(F)c(Cl)c3)C(F)(F)F)ccc12. The standard InChI is InChI=1S/C28H26Cl2F4O4/c1-26(2,3)38-25(36)16-5-4-8-27(13-16)19-7-6-15(9-18(19)14-37-27)23(35)12-20(28(32,33)34)17-10-21(29)24(31)22(30)11-17/h6-7,9-12,16H,4-5,8,13-14H2,1-3H3/b20-12-. The van der Waals surface area contributed by atoms with Crippen molar-refractivity contribution in [3.05, 3.63) is 74.5 Å². The van der Waals surface area contributed by atoms with Crippen LogP contribution in [-0.4, -0.2) is 23.5 Å². The Kier molecular flexibility index (Phi) is 7.73. The van der Waals surface area contributed by atoms with Gasteiger partial charge in [-0.2, -0.15) is 13.2 Å². The van der Waals surface area contributed by atoms with Crippen molar-refractivity contribution in [3.8, 4) is 0 Å². The third kappa shape index (κ3) is 5.92. The number of carbonyl (C=O) groups is 2. The fraction of sp³-hybridized carbons (Fsp3) is 0.429. The molecule has 1 fully saturated rings. The predicted octanol–water partition coefficient (Wildman–Crippen LogP) is 8.22. The van der Waals surface area contributed by atoms with E-state index >= 15 is 0 Å². The minimum absolute atomic E-state index is 0.0324. The Balaban J connectivity index is 1.62. The quantitative estimate of drug-likeness (QED) is 0.122. The molecule has 2 aromatic rings. The number of esters is 1. The first-order chi connectivity index (χ1) is 17.6. The zero-order valence-electron chi connectivity index (χ0n) is 21.0. The Morgan fingerprint density at radius 2 is 1.74 bits per heavy atom. The lowest BCUT2D eigenvalue weighted by Gasteiger charge is -2.38. The van der Waals surface area contributed by atoms with Gasteiger partial charge in [-0.1, -0.05) is 35.3 Å². The van der Waals surface area contributed by atoms with Gasteiger partial charge in [0.05, 0.1) is 33.7 Å². The number of ether oxygens (including phenoxy) is 2. The number of carbonyl (C=O) groups excluding carboxylic acids is 2. The molecule has 0 saturated heterocycles. The van der Waals surface area contributed by atoms with E-state index < -0.39 is 50.2 Å². The fourth-order valence-corrected chi connectivity index (χ4v) is 5.54. The van der Waals surface area contributed by atoms with E-state index in [1.807, 2.05) is 0 Å². The Morgan fingerprint density at radius 1 is 1.08 bits per heavy atom. The molecule has 4 nitrogen and oxygen atoms in total. The fourth-order valence-electron chi connectivity index (χ4n) is 5.06. The van der Waals surface area contributed by atoms with Gasteiger partial charge in [0.15, 0.2) is 11.6 Å². The van der Waals surface area contributed by atoms with E-state index in [4.69, 9.17) is 32.7 Å². The lowest BCUT2D eigenvalue weighted by molar-refractivity contribution is -0.167. The first-order valence-electron chi connectivity index (χ1n) is 12.1. The van der Waals surface area contributed by atoms with Crippen molar-refractivity contribution in [1.29, 1.82) is 0 Å². The minimum Gasteiger partial charge on any atom is -0.460 e. The molecule has 0 bridgehead atoms. The smallest absolute Gasteiger partial charge is 0.417 e. The molecule has 2 atom stereocenters. The molecule has 0 aromatic heterocycles. The van der Waals surface area contributed by atoms with Crippen LogP contribution in [0.2, 0.25) is 10.0 Å². The van der Waals surface area contributed by atoms with Crippen LogP contribution in [0.3, 0.4) is 0 Å². The highest BCUT2D eigenvalue weighted by Crippen LogP contribution is 2.49. The molecule has 10 heteroatoms. The van der Waals surface area contributed by atoms with Gasteiger partial charge in [-0.25, -0.2) is 4.39 Å². The predicted molar refractivity (Wildman–Crippen MR) is 135 cm³/mol. The molecular formula is C28H26Cl2F4O4. The largest absolute Gasteiger partial charge is 0.460 e. The summed E-state index contributed by atoms with van der Waals surface area (Å²) in [6.07, 6.45) is -1.96. The molecule has 0 radical (unpaired) electrons. The number of hydrogen-bond acceptors (Lipinski definition) is 4. The number of ketones is 1. The van der Waals surface area contributed by atoms with E-state index in [9.17, 15) is 27.2 Å².